The van der Waals surface area contributed by atoms with Crippen LogP contribution in [0.15, 0.2) is 23.1 Å². The van der Waals surface area contributed by atoms with E-state index < -0.39 is 6.10 Å². The van der Waals surface area contributed by atoms with Gasteiger partial charge in [0.05, 0.1) is 6.10 Å². The second kappa shape index (κ2) is 4.58. The molecule has 1 N–H and O–H groups in total. The van der Waals surface area contributed by atoms with Crippen molar-refractivity contribution in [3.8, 4) is 6.07 Å². The molecular formula is C10H12N2O2. The van der Waals surface area contributed by atoms with Crippen molar-refractivity contribution in [2.24, 2.45) is 0 Å². The normalized spacial score (nSPS) is 12.1. The number of aliphatic hydroxyl groups excluding tert-OH is 1. The van der Waals surface area contributed by atoms with Crippen LogP contribution in [-0.2, 0) is 6.54 Å². The first-order chi connectivity index (χ1) is 6.65. The average molecular weight is 192 g/mol. The first-order valence-corrected chi connectivity index (χ1v) is 4.42. The topological polar surface area (TPSA) is 66.0 Å². The van der Waals surface area contributed by atoms with E-state index in [2.05, 4.69) is 0 Å². The zero-order chi connectivity index (χ0) is 10.6. The third kappa shape index (κ3) is 2.44. The third-order valence-corrected chi connectivity index (χ3v) is 1.93. The molecule has 0 aromatic carbocycles. The molecule has 1 unspecified atom stereocenters. The van der Waals surface area contributed by atoms with Crippen LogP contribution in [0.1, 0.15) is 18.9 Å². The van der Waals surface area contributed by atoms with Gasteiger partial charge in [-0.05, 0) is 25.5 Å². The average Bonchev–Trinajstić information content (AvgIpc) is 2.16. The molecule has 0 aliphatic heterocycles. The van der Waals surface area contributed by atoms with Gasteiger partial charge in [0, 0.05) is 12.7 Å². The molecule has 1 heterocycles. The third-order valence-electron chi connectivity index (χ3n) is 1.93. The molecule has 0 fully saturated rings. The summed E-state index contributed by atoms with van der Waals surface area (Å²) in [7, 11) is 0. The Kier molecular flexibility index (Phi) is 3.43. The maximum Gasteiger partial charge on any atom is 0.268 e. The molecular weight excluding hydrogens is 180 g/mol. The summed E-state index contributed by atoms with van der Waals surface area (Å²) >= 11 is 0. The summed E-state index contributed by atoms with van der Waals surface area (Å²) in [6, 6.07) is 4.97. The number of aromatic nitrogens is 1. The first kappa shape index (κ1) is 10.5. The lowest BCUT2D eigenvalue weighted by atomic mass is 10.2. The second-order valence-electron chi connectivity index (χ2n) is 3.17. The van der Waals surface area contributed by atoms with Crippen LogP contribution in [0.3, 0.4) is 0 Å². The molecule has 4 nitrogen and oxygen atoms in total. The molecule has 74 valence electrons. The lowest BCUT2D eigenvalue weighted by Crippen LogP contribution is -2.23. The predicted octanol–water partition coefficient (Wildman–Crippen LogP) is 0.491. The Morgan fingerprint density at radius 2 is 2.43 bits per heavy atom. The molecule has 1 aromatic heterocycles. The maximum absolute atomic E-state index is 11.5. The molecule has 0 spiro atoms. The highest BCUT2D eigenvalue weighted by Crippen LogP contribution is 1.95. The van der Waals surface area contributed by atoms with Gasteiger partial charge in [0.15, 0.2) is 0 Å². The molecule has 0 radical (unpaired) electrons. The Morgan fingerprint density at radius 3 is 3.00 bits per heavy atom. The molecule has 0 aliphatic carbocycles. The maximum atomic E-state index is 11.5. The highest BCUT2D eigenvalue weighted by atomic mass is 16.3. The SMILES string of the molecule is CC(O)CCn1cccc(C#N)c1=O. The Labute approximate surface area is 82.0 Å². The van der Waals surface area contributed by atoms with Crippen molar-refractivity contribution in [3.63, 3.8) is 0 Å². The van der Waals surface area contributed by atoms with E-state index in [0.717, 1.165) is 0 Å². The second-order valence-corrected chi connectivity index (χ2v) is 3.17. The van der Waals surface area contributed by atoms with E-state index in [1.807, 2.05) is 6.07 Å². The van der Waals surface area contributed by atoms with Gasteiger partial charge < -0.3 is 9.67 Å². The van der Waals surface area contributed by atoms with E-state index in [1.165, 1.54) is 10.6 Å². The van der Waals surface area contributed by atoms with Gasteiger partial charge in [-0.2, -0.15) is 5.26 Å². The van der Waals surface area contributed by atoms with Crippen molar-refractivity contribution < 1.29 is 5.11 Å². The minimum atomic E-state index is -0.437. The molecule has 1 atom stereocenters. The fourth-order valence-corrected chi connectivity index (χ4v) is 1.12. The van der Waals surface area contributed by atoms with E-state index in [1.54, 1.807) is 19.2 Å². The molecule has 14 heavy (non-hydrogen) atoms. The lowest BCUT2D eigenvalue weighted by molar-refractivity contribution is 0.177. The molecule has 0 saturated carbocycles. The number of rotatable bonds is 3. The summed E-state index contributed by atoms with van der Waals surface area (Å²) < 4.78 is 1.44. The van der Waals surface area contributed by atoms with Crippen molar-refractivity contribution in [1.29, 1.82) is 5.26 Å². The van der Waals surface area contributed by atoms with Gasteiger partial charge in [-0.3, -0.25) is 4.79 Å². The number of hydrogen-bond donors (Lipinski definition) is 1. The van der Waals surface area contributed by atoms with E-state index >= 15 is 0 Å². The van der Waals surface area contributed by atoms with Gasteiger partial charge >= 0.3 is 0 Å². The number of nitrogens with zero attached hydrogens (tertiary/aromatic N) is 2. The van der Waals surface area contributed by atoms with Gasteiger partial charge in [-0.25, -0.2) is 0 Å². The van der Waals surface area contributed by atoms with Gasteiger partial charge in [-0.15, -0.1) is 0 Å². The number of nitriles is 1. The van der Waals surface area contributed by atoms with Gasteiger partial charge in [0.2, 0.25) is 0 Å². The molecule has 1 rings (SSSR count). The fraction of sp³-hybridized carbons (Fsp3) is 0.400. The van der Waals surface area contributed by atoms with E-state index in [4.69, 9.17) is 10.4 Å². The van der Waals surface area contributed by atoms with E-state index in [9.17, 15) is 4.79 Å². The number of hydrogen-bond acceptors (Lipinski definition) is 3. The monoisotopic (exact) mass is 192 g/mol. The highest BCUT2D eigenvalue weighted by molar-refractivity contribution is 5.24. The first-order valence-electron chi connectivity index (χ1n) is 4.42. The zero-order valence-electron chi connectivity index (χ0n) is 7.97. The number of aliphatic hydroxyl groups is 1. The van der Waals surface area contributed by atoms with E-state index in [-0.39, 0.29) is 11.1 Å². The minimum absolute atomic E-state index is 0.137. The summed E-state index contributed by atoms with van der Waals surface area (Å²) in [5, 5.41) is 17.7. The number of aryl methyl sites for hydroxylation is 1. The summed E-state index contributed by atoms with van der Waals surface area (Å²) in [6.07, 6.45) is 1.69. The lowest BCUT2D eigenvalue weighted by Gasteiger charge is -2.06. The standard InChI is InChI=1S/C10H12N2O2/c1-8(13)4-6-12-5-2-3-9(7-11)10(12)14/h2-3,5,8,13H,4,6H2,1H3. The molecule has 1 aromatic rings. The van der Waals surface area contributed by atoms with Crippen molar-refractivity contribution in [2.45, 2.75) is 26.0 Å². The minimum Gasteiger partial charge on any atom is -0.393 e. The van der Waals surface area contributed by atoms with E-state index in [0.29, 0.717) is 13.0 Å². The summed E-state index contributed by atoms with van der Waals surface area (Å²) in [4.78, 5) is 11.5. The Hall–Kier alpha value is -1.60. The molecule has 0 saturated heterocycles. The van der Waals surface area contributed by atoms with Crippen molar-refractivity contribution in [3.05, 3.63) is 34.2 Å². The summed E-state index contributed by atoms with van der Waals surface area (Å²) in [6.45, 7) is 2.10. The van der Waals surface area contributed by atoms with Crippen LogP contribution in [-0.4, -0.2) is 15.8 Å². The van der Waals surface area contributed by atoms with Crippen LogP contribution in [0.25, 0.3) is 0 Å². The molecule has 0 amide bonds. The zero-order valence-corrected chi connectivity index (χ0v) is 7.97. The van der Waals surface area contributed by atoms with Gasteiger partial charge in [0.25, 0.3) is 5.56 Å². The largest absolute Gasteiger partial charge is 0.393 e. The fourth-order valence-electron chi connectivity index (χ4n) is 1.12. The van der Waals surface area contributed by atoms with Crippen LogP contribution in [0.2, 0.25) is 0 Å². The van der Waals surface area contributed by atoms with Crippen LogP contribution in [0.5, 0.6) is 0 Å². The number of pyridine rings is 1. The van der Waals surface area contributed by atoms with Gasteiger partial charge in [0.1, 0.15) is 11.6 Å². The van der Waals surface area contributed by atoms with Crippen LogP contribution < -0.4 is 5.56 Å². The quantitative estimate of drug-likeness (QED) is 0.758. The van der Waals surface area contributed by atoms with Crippen molar-refractivity contribution >= 4 is 0 Å². The molecule has 4 heteroatoms. The Morgan fingerprint density at radius 1 is 1.71 bits per heavy atom. The predicted molar refractivity (Wildman–Crippen MR) is 51.7 cm³/mol. The van der Waals surface area contributed by atoms with Crippen LogP contribution >= 0.6 is 0 Å². The van der Waals surface area contributed by atoms with Crippen LogP contribution in [0.4, 0.5) is 0 Å². The van der Waals surface area contributed by atoms with Crippen molar-refractivity contribution in [1.82, 2.24) is 4.57 Å². The molecule has 0 aliphatic rings. The Balaban J connectivity index is 2.89. The summed E-state index contributed by atoms with van der Waals surface area (Å²) in [5.74, 6) is 0. The highest BCUT2D eigenvalue weighted by Gasteiger charge is 2.02. The van der Waals surface area contributed by atoms with Gasteiger partial charge in [-0.1, -0.05) is 0 Å². The van der Waals surface area contributed by atoms with Crippen molar-refractivity contribution in [2.75, 3.05) is 0 Å². The van der Waals surface area contributed by atoms with Crippen LogP contribution in [0, 0.1) is 11.3 Å². The smallest absolute Gasteiger partial charge is 0.268 e. The molecule has 0 bridgehead atoms. The summed E-state index contributed by atoms with van der Waals surface area (Å²) in [5.41, 5.74) is -0.159. The Bertz CT molecular complexity index is 401.